The van der Waals surface area contributed by atoms with E-state index in [0.717, 1.165) is 6.07 Å². The Morgan fingerprint density at radius 1 is 1.15 bits per heavy atom. The molecule has 0 amide bonds. The first-order chi connectivity index (χ1) is 15.4. The van der Waals surface area contributed by atoms with Crippen molar-refractivity contribution in [3.05, 3.63) is 47.3 Å². The van der Waals surface area contributed by atoms with E-state index in [-0.39, 0.29) is 34.1 Å². The molecule has 0 aliphatic heterocycles. The van der Waals surface area contributed by atoms with Crippen molar-refractivity contribution in [3.8, 4) is 5.75 Å². The molecule has 2 aromatic rings. The molecule has 0 radical (unpaired) electrons. The Morgan fingerprint density at radius 2 is 1.74 bits per heavy atom. The molecule has 0 aliphatic carbocycles. The van der Waals surface area contributed by atoms with Crippen molar-refractivity contribution in [1.82, 2.24) is 0 Å². The number of rotatable bonds is 7. The first-order valence-corrected chi connectivity index (χ1v) is 11.6. The van der Waals surface area contributed by atoms with Crippen LogP contribution in [0.4, 0.5) is 17.6 Å². The lowest BCUT2D eigenvalue weighted by Gasteiger charge is -2.29. The van der Waals surface area contributed by atoms with Gasteiger partial charge in [0.25, 0.3) is 0 Å². The molecule has 2 rings (SSSR count). The fourth-order valence-corrected chi connectivity index (χ4v) is 3.73. The van der Waals surface area contributed by atoms with Crippen LogP contribution in [-0.2, 0) is 24.4 Å². The summed E-state index contributed by atoms with van der Waals surface area (Å²) in [7, 11) is -6.18. The van der Waals surface area contributed by atoms with Crippen LogP contribution in [-0.4, -0.2) is 32.1 Å². The van der Waals surface area contributed by atoms with Crippen LogP contribution in [0.2, 0.25) is 0 Å². The summed E-state index contributed by atoms with van der Waals surface area (Å²) in [6.45, 7) is 12.8. The summed E-state index contributed by atoms with van der Waals surface area (Å²) < 4.78 is 93.8. The molecule has 34 heavy (non-hydrogen) atoms. The van der Waals surface area contributed by atoms with Crippen LogP contribution in [0.15, 0.2) is 24.8 Å². The quantitative estimate of drug-likeness (QED) is 0.199. The van der Waals surface area contributed by atoms with E-state index in [9.17, 15) is 30.8 Å². The van der Waals surface area contributed by atoms with Crippen LogP contribution in [0, 0.1) is 12.7 Å². The molecular weight excluding hydrogens is 480 g/mol. The Hall–Kier alpha value is -2.66. The molecule has 0 saturated carbocycles. The number of carbonyl (C=O) groups excluding carboxylic acids is 1. The molecule has 0 saturated heterocycles. The number of aryl methyl sites for hydroxylation is 1. The molecule has 0 bridgehead atoms. The smallest absolute Gasteiger partial charge is 0.464 e. The molecule has 1 atom stereocenters. The average Bonchev–Trinajstić information content (AvgIpc) is 2.65. The predicted octanol–water partition coefficient (Wildman–Crippen LogP) is 5.97. The Kier molecular flexibility index (Phi) is 7.73. The number of hydrogen-bond acceptors (Lipinski definition) is 6. The minimum Gasteiger partial charge on any atom is -0.464 e. The minimum absolute atomic E-state index is 0.0803. The van der Waals surface area contributed by atoms with Gasteiger partial charge in [0.15, 0.2) is 11.9 Å². The second-order valence-electron chi connectivity index (χ2n) is 8.62. The summed E-state index contributed by atoms with van der Waals surface area (Å²) in [4.78, 5) is 12.8. The second kappa shape index (κ2) is 9.53. The highest BCUT2D eigenvalue weighted by molar-refractivity contribution is 7.88. The summed E-state index contributed by atoms with van der Waals surface area (Å²) in [5.41, 5.74) is -6.52. The lowest BCUT2D eigenvalue weighted by atomic mass is 9.93. The summed E-state index contributed by atoms with van der Waals surface area (Å²) in [5, 5.41) is -0.130. The zero-order valence-electron chi connectivity index (χ0n) is 19.6. The van der Waals surface area contributed by atoms with Crippen molar-refractivity contribution < 1.29 is 44.4 Å². The van der Waals surface area contributed by atoms with Crippen LogP contribution < -0.4 is 4.18 Å². The lowest BCUT2D eigenvalue weighted by Crippen LogP contribution is -2.31. The van der Waals surface area contributed by atoms with E-state index in [0.29, 0.717) is 5.57 Å². The van der Waals surface area contributed by atoms with Crippen LogP contribution in [0.5, 0.6) is 5.75 Å². The van der Waals surface area contributed by atoms with Gasteiger partial charge in [0.05, 0.1) is 12.2 Å². The Balaban J connectivity index is 3.00. The highest BCUT2D eigenvalue weighted by Gasteiger charge is 2.49. The summed E-state index contributed by atoms with van der Waals surface area (Å²) in [5.74, 6) is -2.72. The molecule has 0 fully saturated rings. The highest BCUT2D eigenvalue weighted by atomic mass is 32.2. The largest absolute Gasteiger partial charge is 0.534 e. The second-order valence-corrected chi connectivity index (χ2v) is 10.2. The average molecular weight is 507 g/mol. The predicted molar refractivity (Wildman–Crippen MR) is 119 cm³/mol. The number of halogens is 4. The summed E-state index contributed by atoms with van der Waals surface area (Å²) in [6, 6.07) is 3.60. The van der Waals surface area contributed by atoms with E-state index >= 15 is 0 Å². The van der Waals surface area contributed by atoms with Crippen molar-refractivity contribution in [2.24, 2.45) is 0 Å². The molecule has 6 nitrogen and oxygen atoms in total. The van der Waals surface area contributed by atoms with E-state index in [1.54, 1.807) is 20.8 Å². The number of alkyl halides is 3. The molecule has 2 aromatic carbocycles. The molecule has 0 heterocycles. The van der Waals surface area contributed by atoms with Gasteiger partial charge in [-0.1, -0.05) is 12.6 Å². The Morgan fingerprint density at radius 3 is 2.21 bits per heavy atom. The van der Waals surface area contributed by atoms with E-state index in [4.69, 9.17) is 9.47 Å². The van der Waals surface area contributed by atoms with Gasteiger partial charge in [-0.2, -0.15) is 21.6 Å². The lowest BCUT2D eigenvalue weighted by molar-refractivity contribution is -0.167. The first kappa shape index (κ1) is 27.6. The monoisotopic (exact) mass is 506 g/mol. The van der Waals surface area contributed by atoms with Gasteiger partial charge in [0, 0.05) is 16.5 Å². The van der Waals surface area contributed by atoms with E-state index in [1.807, 2.05) is 0 Å². The Labute approximate surface area is 195 Å². The molecule has 0 aliphatic rings. The molecule has 0 aromatic heterocycles. The van der Waals surface area contributed by atoms with Gasteiger partial charge in [0.2, 0.25) is 0 Å². The van der Waals surface area contributed by atoms with Crippen molar-refractivity contribution >= 4 is 32.4 Å². The van der Waals surface area contributed by atoms with Gasteiger partial charge in [-0.15, -0.1) is 0 Å². The third kappa shape index (κ3) is 5.87. The minimum atomic E-state index is -6.18. The van der Waals surface area contributed by atoms with Crippen LogP contribution in [0.1, 0.15) is 57.4 Å². The number of hydrogen-bond donors (Lipinski definition) is 0. The van der Waals surface area contributed by atoms with Crippen LogP contribution >= 0.6 is 0 Å². The fraction of sp³-hybridized carbons (Fsp3) is 0.435. The first-order valence-electron chi connectivity index (χ1n) is 10.2. The topological polar surface area (TPSA) is 78.9 Å². The normalized spacial score (nSPS) is 13.6. The SMILES string of the molecule is C=C(C)c1cc2cc(C)c([C@H](OC(C)(C)C)C(=O)OCC)c(OS(=O)(=O)C(F)(F)F)c2cc1F. The Bertz CT molecular complexity index is 1230. The zero-order chi connectivity index (χ0) is 26.2. The third-order valence-electron chi connectivity index (χ3n) is 4.60. The molecule has 0 spiro atoms. The molecular formula is C23H26F4O6S. The number of esters is 1. The number of carbonyl (C=O) groups is 1. The zero-order valence-corrected chi connectivity index (χ0v) is 20.4. The van der Waals surface area contributed by atoms with Gasteiger partial charge in [-0.3, -0.25) is 0 Å². The van der Waals surface area contributed by atoms with Gasteiger partial charge in [0.1, 0.15) is 5.82 Å². The van der Waals surface area contributed by atoms with Crippen LogP contribution in [0.25, 0.3) is 16.3 Å². The number of benzene rings is 2. The summed E-state index contributed by atoms with van der Waals surface area (Å²) in [6.07, 6.45) is -1.66. The van der Waals surface area contributed by atoms with Gasteiger partial charge < -0.3 is 13.7 Å². The molecule has 0 unspecified atom stereocenters. The molecule has 188 valence electrons. The highest BCUT2D eigenvalue weighted by Crippen LogP contribution is 2.43. The van der Waals surface area contributed by atoms with Crippen molar-refractivity contribution in [2.45, 2.75) is 58.8 Å². The third-order valence-corrected chi connectivity index (χ3v) is 5.55. The molecule has 0 N–H and O–H groups in total. The number of ether oxygens (including phenoxy) is 2. The van der Waals surface area contributed by atoms with Gasteiger partial charge in [-0.25, -0.2) is 9.18 Å². The van der Waals surface area contributed by atoms with Crippen LogP contribution in [0.3, 0.4) is 0 Å². The molecule has 11 heteroatoms. The van der Waals surface area contributed by atoms with E-state index in [2.05, 4.69) is 10.8 Å². The fourth-order valence-electron chi connectivity index (χ4n) is 3.24. The summed E-state index contributed by atoms with van der Waals surface area (Å²) >= 11 is 0. The van der Waals surface area contributed by atoms with Crippen molar-refractivity contribution in [1.29, 1.82) is 0 Å². The van der Waals surface area contributed by atoms with Crippen molar-refractivity contribution in [2.75, 3.05) is 6.61 Å². The maximum atomic E-state index is 14.8. The number of allylic oxidation sites excluding steroid dienone is 1. The van der Waals surface area contributed by atoms with E-state index < -0.39 is 44.9 Å². The standard InChI is InChI=1S/C23H26F4O6S/c1-8-31-21(28)20(32-22(5,6)7)18-13(4)9-14-10-15(12(2)3)17(24)11-16(14)19(18)33-34(29,30)23(25,26)27/h9-11,20H,2,8H2,1,3-7H3/t20-/m0/s1. The number of fused-ring (bicyclic) bond motifs is 1. The van der Waals surface area contributed by atoms with Gasteiger partial charge in [-0.05, 0) is 70.2 Å². The maximum Gasteiger partial charge on any atom is 0.534 e. The van der Waals surface area contributed by atoms with E-state index in [1.165, 1.54) is 32.9 Å². The van der Waals surface area contributed by atoms with Gasteiger partial charge >= 0.3 is 21.6 Å². The van der Waals surface area contributed by atoms with Crippen molar-refractivity contribution in [3.63, 3.8) is 0 Å². The maximum absolute atomic E-state index is 14.8.